The van der Waals surface area contributed by atoms with Gasteiger partial charge in [-0.3, -0.25) is 4.79 Å². The van der Waals surface area contributed by atoms with Crippen molar-refractivity contribution in [3.8, 4) is 0 Å². The Bertz CT molecular complexity index is 615. The summed E-state index contributed by atoms with van der Waals surface area (Å²) in [7, 11) is 0. The summed E-state index contributed by atoms with van der Waals surface area (Å²) >= 11 is 0. The SMILES string of the molecule is CCCCCCOC(=O)C(CC(C)C)NC(=O)c1ccccc1C(F)(F)F. The minimum Gasteiger partial charge on any atom is -0.464 e. The van der Waals surface area contributed by atoms with Crippen molar-refractivity contribution in [3.05, 3.63) is 35.4 Å². The largest absolute Gasteiger partial charge is 0.464 e. The van der Waals surface area contributed by atoms with E-state index in [4.69, 9.17) is 4.74 Å². The normalized spacial score (nSPS) is 12.7. The Morgan fingerprint density at radius 3 is 2.37 bits per heavy atom. The molecule has 0 aliphatic rings. The van der Waals surface area contributed by atoms with Crippen molar-refractivity contribution >= 4 is 11.9 Å². The van der Waals surface area contributed by atoms with E-state index >= 15 is 0 Å². The molecule has 0 saturated heterocycles. The second-order valence-corrected chi connectivity index (χ2v) is 6.93. The van der Waals surface area contributed by atoms with E-state index < -0.39 is 35.2 Å². The molecule has 1 rings (SSSR count). The summed E-state index contributed by atoms with van der Waals surface area (Å²) < 4.78 is 44.5. The van der Waals surface area contributed by atoms with Crippen LogP contribution < -0.4 is 5.32 Å². The molecule has 0 fully saturated rings. The summed E-state index contributed by atoms with van der Waals surface area (Å²) in [4.78, 5) is 24.7. The number of alkyl halides is 3. The quantitative estimate of drug-likeness (QED) is 0.455. The summed E-state index contributed by atoms with van der Waals surface area (Å²) in [5.74, 6) is -1.49. The number of hydrogen-bond donors (Lipinski definition) is 1. The molecular formula is C20H28F3NO3. The van der Waals surface area contributed by atoms with E-state index in [1.54, 1.807) is 0 Å². The van der Waals surface area contributed by atoms with E-state index in [2.05, 4.69) is 12.2 Å². The third-order valence-electron chi connectivity index (χ3n) is 4.02. The van der Waals surface area contributed by atoms with Crippen LogP contribution in [0.5, 0.6) is 0 Å². The highest BCUT2D eigenvalue weighted by atomic mass is 19.4. The molecule has 0 bridgehead atoms. The van der Waals surface area contributed by atoms with Gasteiger partial charge in [-0.2, -0.15) is 13.2 Å². The Labute approximate surface area is 158 Å². The van der Waals surface area contributed by atoms with Crippen molar-refractivity contribution in [2.24, 2.45) is 5.92 Å². The summed E-state index contributed by atoms with van der Waals surface area (Å²) in [5, 5.41) is 2.42. The maximum Gasteiger partial charge on any atom is 0.417 e. The Balaban J connectivity index is 2.82. The summed E-state index contributed by atoms with van der Waals surface area (Å²) in [6.45, 7) is 6.02. The second-order valence-electron chi connectivity index (χ2n) is 6.93. The first-order chi connectivity index (χ1) is 12.7. The third-order valence-corrected chi connectivity index (χ3v) is 4.02. The zero-order valence-corrected chi connectivity index (χ0v) is 16.1. The van der Waals surface area contributed by atoms with Crippen molar-refractivity contribution in [3.63, 3.8) is 0 Å². The molecule has 0 aliphatic carbocycles. The lowest BCUT2D eigenvalue weighted by Crippen LogP contribution is -2.43. The molecule has 4 nitrogen and oxygen atoms in total. The predicted molar refractivity (Wildman–Crippen MR) is 97.3 cm³/mol. The molecule has 1 unspecified atom stereocenters. The van der Waals surface area contributed by atoms with Crippen LogP contribution in [-0.2, 0) is 15.7 Å². The van der Waals surface area contributed by atoms with Crippen molar-refractivity contribution in [2.45, 2.75) is 65.1 Å². The smallest absolute Gasteiger partial charge is 0.417 e. The third kappa shape index (κ3) is 8.01. The molecule has 0 heterocycles. The highest BCUT2D eigenvalue weighted by Gasteiger charge is 2.35. The molecular weight excluding hydrogens is 359 g/mol. The monoisotopic (exact) mass is 387 g/mol. The molecule has 0 spiro atoms. The second kappa shape index (κ2) is 10.9. The number of nitrogens with one attached hydrogen (secondary N) is 1. The van der Waals surface area contributed by atoms with Crippen LogP contribution >= 0.6 is 0 Å². The van der Waals surface area contributed by atoms with E-state index in [0.717, 1.165) is 37.8 Å². The minimum absolute atomic E-state index is 0.0563. The topological polar surface area (TPSA) is 55.4 Å². The fourth-order valence-electron chi connectivity index (χ4n) is 2.65. The summed E-state index contributed by atoms with van der Waals surface area (Å²) in [5.41, 5.74) is -1.53. The molecule has 7 heteroatoms. The molecule has 152 valence electrons. The average molecular weight is 387 g/mol. The van der Waals surface area contributed by atoms with Crippen LogP contribution in [0.1, 0.15) is 68.8 Å². The van der Waals surface area contributed by atoms with Crippen molar-refractivity contribution in [1.82, 2.24) is 5.32 Å². The summed E-state index contributed by atoms with van der Waals surface area (Å²) in [6.07, 6.45) is -0.617. The standard InChI is InChI=1S/C20H28F3NO3/c1-4-5-6-9-12-27-19(26)17(13-14(2)3)24-18(25)15-10-7-8-11-16(15)20(21,22)23/h7-8,10-11,14,17H,4-6,9,12-13H2,1-3H3,(H,24,25). The van der Waals surface area contributed by atoms with Crippen molar-refractivity contribution in [1.29, 1.82) is 0 Å². The summed E-state index contributed by atoms with van der Waals surface area (Å²) in [6, 6.07) is 3.53. The lowest BCUT2D eigenvalue weighted by atomic mass is 10.0. The van der Waals surface area contributed by atoms with Crippen LogP contribution in [-0.4, -0.2) is 24.5 Å². The van der Waals surface area contributed by atoms with Gasteiger partial charge in [-0.25, -0.2) is 4.79 Å². The van der Waals surface area contributed by atoms with E-state index in [0.29, 0.717) is 0 Å². The van der Waals surface area contributed by atoms with Crippen molar-refractivity contribution in [2.75, 3.05) is 6.61 Å². The first-order valence-corrected chi connectivity index (χ1v) is 9.30. The van der Waals surface area contributed by atoms with Crippen LogP contribution in [0.15, 0.2) is 24.3 Å². The maximum absolute atomic E-state index is 13.1. The predicted octanol–water partition coefficient (Wildman–Crippen LogP) is 4.97. The molecule has 1 aromatic rings. The van der Waals surface area contributed by atoms with Gasteiger partial charge in [0.2, 0.25) is 0 Å². The van der Waals surface area contributed by atoms with Crippen LogP contribution in [0, 0.1) is 5.92 Å². The van der Waals surface area contributed by atoms with Gasteiger partial charge in [0, 0.05) is 0 Å². The number of hydrogen-bond acceptors (Lipinski definition) is 3. The Hall–Kier alpha value is -2.05. The van der Waals surface area contributed by atoms with E-state index in [-0.39, 0.29) is 18.9 Å². The zero-order chi connectivity index (χ0) is 20.4. The highest BCUT2D eigenvalue weighted by molar-refractivity contribution is 5.98. The molecule has 0 radical (unpaired) electrons. The number of ether oxygens (including phenoxy) is 1. The Kier molecular flexibility index (Phi) is 9.32. The molecule has 27 heavy (non-hydrogen) atoms. The van der Waals surface area contributed by atoms with Gasteiger partial charge < -0.3 is 10.1 Å². The Morgan fingerprint density at radius 1 is 1.11 bits per heavy atom. The number of carbonyl (C=O) groups excluding carboxylic acids is 2. The Morgan fingerprint density at radius 2 is 1.78 bits per heavy atom. The first kappa shape index (κ1) is 23.0. The highest BCUT2D eigenvalue weighted by Crippen LogP contribution is 2.31. The van der Waals surface area contributed by atoms with Gasteiger partial charge in [0.15, 0.2) is 0 Å². The first-order valence-electron chi connectivity index (χ1n) is 9.30. The van der Waals surface area contributed by atoms with E-state index in [9.17, 15) is 22.8 Å². The van der Waals surface area contributed by atoms with Gasteiger partial charge in [-0.1, -0.05) is 52.2 Å². The van der Waals surface area contributed by atoms with Crippen LogP contribution in [0.3, 0.4) is 0 Å². The maximum atomic E-state index is 13.1. The number of carbonyl (C=O) groups is 2. The average Bonchev–Trinajstić information content (AvgIpc) is 2.59. The number of rotatable bonds is 10. The van der Waals surface area contributed by atoms with Gasteiger partial charge in [0.25, 0.3) is 5.91 Å². The molecule has 1 aromatic carbocycles. The van der Waals surface area contributed by atoms with Crippen LogP contribution in [0.4, 0.5) is 13.2 Å². The number of amides is 1. The van der Waals surface area contributed by atoms with Gasteiger partial charge in [-0.05, 0) is 30.9 Å². The lowest BCUT2D eigenvalue weighted by Gasteiger charge is -2.20. The van der Waals surface area contributed by atoms with Crippen LogP contribution in [0.2, 0.25) is 0 Å². The molecule has 0 saturated carbocycles. The number of halogens is 3. The zero-order valence-electron chi connectivity index (χ0n) is 16.1. The van der Waals surface area contributed by atoms with Gasteiger partial charge in [0.05, 0.1) is 17.7 Å². The van der Waals surface area contributed by atoms with E-state index in [1.165, 1.54) is 12.1 Å². The fraction of sp³-hybridized carbons (Fsp3) is 0.600. The molecule has 1 atom stereocenters. The minimum atomic E-state index is -4.65. The molecule has 0 aromatic heterocycles. The van der Waals surface area contributed by atoms with Crippen LogP contribution in [0.25, 0.3) is 0 Å². The number of esters is 1. The molecule has 1 amide bonds. The fourth-order valence-corrected chi connectivity index (χ4v) is 2.65. The molecule has 1 N–H and O–H groups in total. The van der Waals surface area contributed by atoms with Gasteiger partial charge in [0.1, 0.15) is 6.04 Å². The number of benzene rings is 1. The van der Waals surface area contributed by atoms with Crippen molar-refractivity contribution < 1.29 is 27.5 Å². The van der Waals surface area contributed by atoms with Gasteiger partial charge in [-0.15, -0.1) is 0 Å². The number of unbranched alkanes of at least 4 members (excludes halogenated alkanes) is 3. The van der Waals surface area contributed by atoms with Gasteiger partial charge >= 0.3 is 12.1 Å². The lowest BCUT2D eigenvalue weighted by molar-refractivity contribution is -0.146. The molecule has 0 aliphatic heterocycles. The van der Waals surface area contributed by atoms with E-state index in [1.807, 2.05) is 13.8 Å².